The number of benzene rings is 1. The van der Waals surface area contributed by atoms with Crippen LogP contribution in [-0.2, 0) is 4.79 Å². The summed E-state index contributed by atoms with van der Waals surface area (Å²) in [6, 6.07) is 6.61. The van der Waals surface area contributed by atoms with Crippen LogP contribution in [0.1, 0.15) is 22.8 Å². The number of carbonyl (C=O) groups is 1. The van der Waals surface area contributed by atoms with Crippen LogP contribution in [0.3, 0.4) is 0 Å². The van der Waals surface area contributed by atoms with Crippen LogP contribution < -0.4 is 0 Å². The zero-order valence-electron chi connectivity index (χ0n) is 6.13. The van der Waals surface area contributed by atoms with Crippen LogP contribution in [0.5, 0.6) is 0 Å². The van der Waals surface area contributed by atoms with E-state index < -0.39 is 0 Å². The highest BCUT2D eigenvalue weighted by Crippen LogP contribution is 2.05. The zero-order chi connectivity index (χ0) is 8.27. The van der Waals surface area contributed by atoms with Crippen molar-refractivity contribution in [1.82, 2.24) is 0 Å². The quantitative estimate of drug-likeness (QED) is 0.591. The predicted molar refractivity (Wildman–Crippen MR) is 41.2 cm³/mol. The summed E-state index contributed by atoms with van der Waals surface area (Å²) in [5, 5.41) is 0. The molecule has 0 N–H and O–H groups in total. The largest absolute Gasteiger partial charge is 0.294 e. The topological polar surface area (TPSA) is 34.1 Å². The Morgan fingerprint density at radius 2 is 2.00 bits per heavy atom. The Morgan fingerprint density at radius 1 is 1.36 bits per heavy atom. The fourth-order valence-electron chi connectivity index (χ4n) is 0.879. The van der Waals surface area contributed by atoms with E-state index in [1.54, 1.807) is 30.6 Å². The van der Waals surface area contributed by atoms with Gasteiger partial charge >= 0.3 is 0 Å². The van der Waals surface area contributed by atoms with E-state index in [-0.39, 0.29) is 5.78 Å². The molecule has 0 aliphatic heterocycles. The molecule has 0 saturated carbocycles. The highest BCUT2D eigenvalue weighted by Gasteiger charge is 2.04. The molecule has 0 bridgehead atoms. The molecule has 0 unspecified atom stereocenters. The van der Waals surface area contributed by atoms with Crippen LogP contribution in [0.2, 0.25) is 0 Å². The van der Waals surface area contributed by atoms with E-state index in [1.165, 1.54) is 6.92 Å². The molecule has 0 atom stereocenters. The molecule has 1 rings (SSSR count). The maximum atomic E-state index is 10.8. The monoisotopic (exact) mass is 147 g/mol. The van der Waals surface area contributed by atoms with E-state index in [2.05, 4.69) is 0 Å². The fraction of sp³-hybridized carbons (Fsp3) is 0.111. The Hall–Kier alpha value is -1.44. The van der Waals surface area contributed by atoms with E-state index in [9.17, 15) is 9.59 Å². The lowest BCUT2D eigenvalue weighted by Gasteiger charge is -1.96. The van der Waals surface area contributed by atoms with Crippen molar-refractivity contribution in [3.8, 4) is 0 Å². The van der Waals surface area contributed by atoms with E-state index in [0.717, 1.165) is 0 Å². The summed E-state index contributed by atoms with van der Waals surface area (Å²) in [6.45, 7) is 1.43. The maximum absolute atomic E-state index is 10.8. The number of Topliss-reactive ketones (excluding diaryl/α,β-unsaturated/α-hetero) is 1. The minimum Gasteiger partial charge on any atom is -0.294 e. The van der Waals surface area contributed by atoms with Crippen molar-refractivity contribution in [3.05, 3.63) is 35.4 Å². The van der Waals surface area contributed by atoms with Crippen LogP contribution in [0.25, 0.3) is 0 Å². The molecule has 0 heterocycles. The third kappa shape index (κ3) is 1.52. The van der Waals surface area contributed by atoms with E-state index in [4.69, 9.17) is 0 Å². The molecular formula is C9H7O2. The fourth-order valence-corrected chi connectivity index (χ4v) is 0.879. The van der Waals surface area contributed by atoms with Crippen molar-refractivity contribution in [2.24, 2.45) is 0 Å². The summed E-state index contributed by atoms with van der Waals surface area (Å²) >= 11 is 0. The highest BCUT2D eigenvalue weighted by atomic mass is 16.1. The van der Waals surface area contributed by atoms with Gasteiger partial charge in [0.15, 0.2) is 5.78 Å². The van der Waals surface area contributed by atoms with Crippen LogP contribution in [0.15, 0.2) is 24.3 Å². The Kier molecular flexibility index (Phi) is 2.16. The van der Waals surface area contributed by atoms with Gasteiger partial charge in [-0.05, 0) is 6.92 Å². The second kappa shape index (κ2) is 3.10. The molecule has 0 saturated heterocycles. The summed E-state index contributed by atoms with van der Waals surface area (Å²) in [5.41, 5.74) is 0.766. The van der Waals surface area contributed by atoms with Crippen LogP contribution in [0.4, 0.5) is 0 Å². The highest BCUT2D eigenvalue weighted by molar-refractivity contribution is 6.01. The van der Waals surface area contributed by atoms with E-state index >= 15 is 0 Å². The summed E-state index contributed by atoms with van der Waals surface area (Å²) in [6.07, 6.45) is 1.71. The lowest BCUT2D eigenvalue weighted by atomic mass is 10.1. The van der Waals surface area contributed by atoms with Crippen molar-refractivity contribution in [3.63, 3.8) is 0 Å². The van der Waals surface area contributed by atoms with Gasteiger partial charge in [0.1, 0.15) is 0 Å². The van der Waals surface area contributed by atoms with Crippen molar-refractivity contribution in [1.29, 1.82) is 0 Å². The Bertz CT molecular complexity index is 289. The molecule has 0 spiro atoms. The lowest BCUT2D eigenvalue weighted by Crippen LogP contribution is -1.97. The van der Waals surface area contributed by atoms with Gasteiger partial charge in [0.25, 0.3) is 0 Å². The maximum Gasteiger partial charge on any atom is 0.234 e. The number of hydrogen-bond acceptors (Lipinski definition) is 2. The zero-order valence-corrected chi connectivity index (χ0v) is 6.13. The van der Waals surface area contributed by atoms with Gasteiger partial charge in [-0.2, -0.15) is 0 Å². The first-order valence-electron chi connectivity index (χ1n) is 3.24. The van der Waals surface area contributed by atoms with Crippen LogP contribution in [0, 0.1) is 0 Å². The summed E-state index contributed by atoms with van der Waals surface area (Å²) in [4.78, 5) is 21.1. The predicted octanol–water partition coefficient (Wildman–Crippen LogP) is 1.35. The third-order valence-electron chi connectivity index (χ3n) is 1.42. The summed E-state index contributed by atoms with van der Waals surface area (Å²) in [5.74, 6) is -0.107. The molecule has 0 aliphatic carbocycles. The lowest BCUT2D eigenvalue weighted by molar-refractivity contribution is 0.101. The summed E-state index contributed by atoms with van der Waals surface area (Å²) < 4.78 is 0. The standard InChI is InChI=1S/C9H7O2/c1-7(11)9-5-3-2-4-8(9)6-10/h2-5H,1H3. The Morgan fingerprint density at radius 3 is 2.45 bits per heavy atom. The van der Waals surface area contributed by atoms with Gasteiger partial charge in [-0.1, -0.05) is 24.3 Å². The third-order valence-corrected chi connectivity index (χ3v) is 1.42. The SMILES string of the molecule is CC(=O)c1ccccc1[C]=O. The molecule has 0 aliphatic rings. The molecule has 55 valence electrons. The number of ketones is 1. The van der Waals surface area contributed by atoms with Gasteiger partial charge < -0.3 is 0 Å². The Labute approximate surface area is 64.8 Å². The van der Waals surface area contributed by atoms with Crippen molar-refractivity contribution in [2.45, 2.75) is 6.92 Å². The second-order valence-corrected chi connectivity index (χ2v) is 2.20. The van der Waals surface area contributed by atoms with Crippen LogP contribution >= 0.6 is 0 Å². The van der Waals surface area contributed by atoms with Gasteiger partial charge in [0, 0.05) is 11.1 Å². The normalized spacial score (nSPS) is 9.18. The number of carbonyl (C=O) groups excluding carboxylic acids is 2. The van der Waals surface area contributed by atoms with Gasteiger partial charge in [-0.15, -0.1) is 0 Å². The second-order valence-electron chi connectivity index (χ2n) is 2.20. The molecule has 1 radical (unpaired) electrons. The molecule has 1 aromatic carbocycles. The average molecular weight is 147 g/mol. The van der Waals surface area contributed by atoms with Gasteiger partial charge in [0.05, 0.1) is 0 Å². The van der Waals surface area contributed by atoms with Crippen molar-refractivity contribution >= 4 is 12.1 Å². The molecule has 0 amide bonds. The molecule has 1 aromatic rings. The van der Waals surface area contributed by atoms with E-state index in [1.807, 2.05) is 0 Å². The summed E-state index contributed by atoms with van der Waals surface area (Å²) in [7, 11) is 0. The number of hydrogen-bond donors (Lipinski definition) is 0. The van der Waals surface area contributed by atoms with Crippen molar-refractivity contribution < 1.29 is 9.59 Å². The number of rotatable bonds is 2. The van der Waals surface area contributed by atoms with E-state index in [0.29, 0.717) is 11.1 Å². The smallest absolute Gasteiger partial charge is 0.234 e. The minimum atomic E-state index is -0.107. The van der Waals surface area contributed by atoms with Gasteiger partial charge in [0.2, 0.25) is 6.29 Å². The first kappa shape index (κ1) is 7.66. The van der Waals surface area contributed by atoms with Crippen LogP contribution in [-0.4, -0.2) is 12.1 Å². The molecule has 11 heavy (non-hydrogen) atoms. The average Bonchev–Trinajstić information content (AvgIpc) is 2.04. The van der Waals surface area contributed by atoms with Crippen molar-refractivity contribution in [2.75, 3.05) is 0 Å². The molecule has 2 heteroatoms. The first-order valence-corrected chi connectivity index (χ1v) is 3.24. The first-order chi connectivity index (χ1) is 5.25. The molecule has 0 fully saturated rings. The molecular weight excluding hydrogens is 140 g/mol. The molecule has 0 aromatic heterocycles. The Balaban J connectivity index is 3.22. The minimum absolute atomic E-state index is 0.107. The van der Waals surface area contributed by atoms with Gasteiger partial charge in [-0.3, -0.25) is 9.59 Å². The van der Waals surface area contributed by atoms with Gasteiger partial charge in [-0.25, -0.2) is 0 Å². The molecule has 2 nitrogen and oxygen atoms in total.